The van der Waals surface area contributed by atoms with Crippen LogP contribution in [0.25, 0.3) is 10.2 Å². The first kappa shape index (κ1) is 19.8. The first-order valence-corrected chi connectivity index (χ1v) is 9.51. The molecular formula is C17H21F3N4O2S. The Balaban J connectivity index is 1.36. The monoisotopic (exact) mass is 402 g/mol. The summed E-state index contributed by atoms with van der Waals surface area (Å²) in [5, 5.41) is 3.41. The van der Waals surface area contributed by atoms with E-state index in [9.17, 15) is 18.0 Å². The van der Waals surface area contributed by atoms with Gasteiger partial charge >= 0.3 is 12.2 Å². The molecule has 1 aliphatic heterocycles. The van der Waals surface area contributed by atoms with Crippen molar-refractivity contribution >= 4 is 32.7 Å². The molecule has 2 heterocycles. The number of thiazole rings is 1. The number of rotatable bonds is 6. The second-order valence-corrected chi connectivity index (χ2v) is 7.30. The molecule has 0 atom stereocenters. The third-order valence-electron chi connectivity index (χ3n) is 4.20. The maximum absolute atomic E-state index is 12.4. The summed E-state index contributed by atoms with van der Waals surface area (Å²) in [6.45, 7) is 2.05. The summed E-state index contributed by atoms with van der Waals surface area (Å²) >= 11 is 1.43. The molecule has 0 saturated carbocycles. The van der Waals surface area contributed by atoms with Crippen molar-refractivity contribution in [1.29, 1.82) is 0 Å². The molecule has 0 spiro atoms. The van der Waals surface area contributed by atoms with Crippen molar-refractivity contribution in [2.24, 2.45) is 0 Å². The maximum atomic E-state index is 12.4. The quantitative estimate of drug-likeness (QED) is 0.753. The van der Waals surface area contributed by atoms with Crippen molar-refractivity contribution in [3.63, 3.8) is 0 Å². The third kappa shape index (κ3) is 6.05. The molecule has 1 aromatic heterocycles. The average Bonchev–Trinajstić information content (AvgIpc) is 3.03. The lowest BCUT2D eigenvalue weighted by Gasteiger charge is -2.34. The highest BCUT2D eigenvalue weighted by atomic mass is 32.1. The maximum Gasteiger partial charge on any atom is 0.411 e. The summed E-state index contributed by atoms with van der Waals surface area (Å²) in [4.78, 5) is 20.6. The van der Waals surface area contributed by atoms with E-state index >= 15 is 0 Å². The van der Waals surface area contributed by atoms with Crippen molar-refractivity contribution < 1.29 is 22.7 Å². The Morgan fingerprint density at radius 2 is 1.96 bits per heavy atom. The van der Waals surface area contributed by atoms with Crippen LogP contribution in [0.2, 0.25) is 0 Å². The number of para-hydroxylation sites is 1. The highest BCUT2D eigenvalue weighted by Crippen LogP contribution is 2.25. The van der Waals surface area contributed by atoms with E-state index in [0.717, 1.165) is 10.2 Å². The molecule has 0 bridgehead atoms. The van der Waals surface area contributed by atoms with Crippen LogP contribution in [0.3, 0.4) is 0 Å². The number of aromatic nitrogens is 1. The predicted molar refractivity (Wildman–Crippen MR) is 98.1 cm³/mol. The highest BCUT2D eigenvalue weighted by molar-refractivity contribution is 7.22. The van der Waals surface area contributed by atoms with Crippen LogP contribution in [0.1, 0.15) is 6.42 Å². The lowest BCUT2D eigenvalue weighted by atomic mass is 10.3. The topological polar surface area (TPSA) is 57.7 Å². The van der Waals surface area contributed by atoms with E-state index in [2.05, 4.69) is 19.9 Å². The van der Waals surface area contributed by atoms with Crippen LogP contribution in [0.5, 0.6) is 0 Å². The minimum absolute atomic E-state index is 0.0812. The number of hydrogen-bond donors (Lipinski definition) is 1. The number of amides is 2. The number of hydrogen-bond acceptors (Lipinski definition) is 5. The lowest BCUT2D eigenvalue weighted by Crippen LogP contribution is -2.50. The zero-order valence-corrected chi connectivity index (χ0v) is 15.5. The van der Waals surface area contributed by atoms with Gasteiger partial charge in [-0.1, -0.05) is 23.5 Å². The smallest absolute Gasteiger partial charge is 0.372 e. The van der Waals surface area contributed by atoms with E-state index in [1.165, 1.54) is 11.3 Å². The van der Waals surface area contributed by atoms with Crippen molar-refractivity contribution in [2.75, 3.05) is 51.3 Å². The number of benzene rings is 1. The van der Waals surface area contributed by atoms with Crippen LogP contribution in [0.15, 0.2) is 24.3 Å². The Labute approximate surface area is 158 Å². The second kappa shape index (κ2) is 8.85. The van der Waals surface area contributed by atoms with Gasteiger partial charge in [-0.05, 0) is 18.6 Å². The molecule has 148 valence electrons. The van der Waals surface area contributed by atoms with Crippen LogP contribution in [0, 0.1) is 0 Å². The number of nitrogens with zero attached hydrogens (tertiary/aromatic N) is 3. The van der Waals surface area contributed by atoms with Gasteiger partial charge in [-0.3, -0.25) is 10.2 Å². The molecule has 1 aromatic carbocycles. The molecule has 2 amide bonds. The van der Waals surface area contributed by atoms with E-state index < -0.39 is 12.8 Å². The van der Waals surface area contributed by atoms with E-state index in [1.54, 1.807) is 4.90 Å². The summed E-state index contributed by atoms with van der Waals surface area (Å²) in [6, 6.07) is 7.52. The van der Waals surface area contributed by atoms with Gasteiger partial charge in [-0.15, -0.1) is 0 Å². The van der Waals surface area contributed by atoms with Gasteiger partial charge in [-0.25, -0.2) is 9.78 Å². The van der Waals surface area contributed by atoms with Gasteiger partial charge in [0.25, 0.3) is 0 Å². The zero-order valence-electron chi connectivity index (χ0n) is 14.7. The van der Waals surface area contributed by atoms with Crippen molar-refractivity contribution in [2.45, 2.75) is 12.6 Å². The van der Waals surface area contributed by atoms with Crippen molar-refractivity contribution in [3.8, 4) is 0 Å². The zero-order chi connectivity index (χ0) is 19.3. The molecule has 1 aliphatic rings. The molecule has 1 saturated heterocycles. The van der Waals surface area contributed by atoms with Gasteiger partial charge in [-0.2, -0.15) is 13.2 Å². The van der Waals surface area contributed by atoms with E-state index in [0.29, 0.717) is 44.3 Å². The lowest BCUT2D eigenvalue weighted by molar-refractivity contribution is -0.174. The predicted octanol–water partition coefficient (Wildman–Crippen LogP) is 3.41. The van der Waals surface area contributed by atoms with Crippen molar-refractivity contribution in [1.82, 2.24) is 14.8 Å². The summed E-state index contributed by atoms with van der Waals surface area (Å²) in [5.41, 5.74) is 0.857. The summed E-state index contributed by atoms with van der Waals surface area (Å²) in [5.74, 6) is 0. The van der Waals surface area contributed by atoms with E-state index in [-0.39, 0.29) is 12.6 Å². The number of nitrogens with one attached hydrogen (secondary N) is 1. The molecule has 1 N–H and O–H groups in total. The summed E-state index contributed by atoms with van der Waals surface area (Å²) < 4.78 is 41.6. The second-order valence-electron chi connectivity index (χ2n) is 6.27. The van der Waals surface area contributed by atoms with Crippen LogP contribution in [0.4, 0.5) is 23.1 Å². The number of carbonyl (C=O) groups excluding carboxylic acids is 1. The number of ether oxygens (including phenoxy) is 1. The Morgan fingerprint density at radius 3 is 2.67 bits per heavy atom. The molecule has 0 radical (unpaired) electrons. The molecular weight excluding hydrogens is 381 g/mol. The van der Waals surface area contributed by atoms with Crippen LogP contribution < -0.4 is 5.32 Å². The summed E-state index contributed by atoms with van der Waals surface area (Å²) in [6.07, 6.45) is -3.74. The number of urea groups is 1. The normalized spacial score (nSPS) is 16.0. The Bertz CT molecular complexity index is 727. The van der Waals surface area contributed by atoms with Gasteiger partial charge < -0.3 is 9.64 Å². The van der Waals surface area contributed by atoms with Gasteiger partial charge in [0, 0.05) is 39.3 Å². The number of carbonyl (C=O) groups is 1. The van der Waals surface area contributed by atoms with Crippen molar-refractivity contribution in [3.05, 3.63) is 24.3 Å². The Hall–Kier alpha value is -1.91. The Kier molecular flexibility index (Phi) is 6.51. The highest BCUT2D eigenvalue weighted by Gasteiger charge is 2.27. The number of anilines is 1. The van der Waals surface area contributed by atoms with Crippen LogP contribution in [-0.4, -0.2) is 72.9 Å². The first-order valence-electron chi connectivity index (χ1n) is 8.69. The van der Waals surface area contributed by atoms with Gasteiger partial charge in [0.05, 0.1) is 10.2 Å². The standard InChI is InChI=1S/C17H21F3N4O2S/c18-17(19,20)12-26-11-3-6-23-7-9-24(10-8-23)16(25)22-15-21-13-4-1-2-5-14(13)27-15/h1-2,4-5H,3,6-12H2,(H,21,22,25). The molecule has 2 aromatic rings. The SMILES string of the molecule is O=C(Nc1nc2ccccc2s1)N1CCN(CCCOCC(F)(F)F)CC1. The molecule has 27 heavy (non-hydrogen) atoms. The summed E-state index contributed by atoms with van der Waals surface area (Å²) in [7, 11) is 0. The van der Waals surface area contributed by atoms with E-state index in [4.69, 9.17) is 0 Å². The fraction of sp³-hybridized carbons (Fsp3) is 0.529. The molecule has 10 heteroatoms. The van der Waals surface area contributed by atoms with Crippen LogP contribution >= 0.6 is 11.3 Å². The first-order chi connectivity index (χ1) is 12.9. The number of halogens is 3. The number of alkyl halides is 3. The third-order valence-corrected chi connectivity index (χ3v) is 5.15. The van der Waals surface area contributed by atoms with Gasteiger partial charge in [0.15, 0.2) is 5.13 Å². The van der Waals surface area contributed by atoms with Gasteiger partial charge in [0.1, 0.15) is 6.61 Å². The largest absolute Gasteiger partial charge is 0.411 e. The molecule has 0 aliphatic carbocycles. The number of piperazine rings is 1. The fourth-order valence-corrected chi connectivity index (χ4v) is 3.70. The minimum Gasteiger partial charge on any atom is -0.372 e. The van der Waals surface area contributed by atoms with Crippen LogP contribution in [-0.2, 0) is 4.74 Å². The molecule has 0 unspecified atom stereocenters. The fourth-order valence-electron chi connectivity index (χ4n) is 2.85. The number of fused-ring (bicyclic) bond motifs is 1. The average molecular weight is 402 g/mol. The molecule has 1 fully saturated rings. The molecule has 6 nitrogen and oxygen atoms in total. The minimum atomic E-state index is -4.28. The van der Waals surface area contributed by atoms with E-state index in [1.807, 2.05) is 24.3 Å². The van der Waals surface area contributed by atoms with Gasteiger partial charge in [0.2, 0.25) is 0 Å². The Morgan fingerprint density at radius 1 is 1.22 bits per heavy atom. The molecule has 3 rings (SSSR count).